The second-order valence-electron chi connectivity index (χ2n) is 7.56. The topological polar surface area (TPSA) is 86.8 Å². The number of nitrogens with zero attached hydrogens (tertiary/aromatic N) is 2. The normalized spacial score (nSPS) is 19.0. The van der Waals surface area contributed by atoms with Crippen molar-refractivity contribution in [3.05, 3.63) is 29.3 Å². The zero-order chi connectivity index (χ0) is 20.3. The van der Waals surface area contributed by atoms with Crippen molar-refractivity contribution in [1.82, 2.24) is 9.21 Å². The molecule has 2 amide bonds. The Morgan fingerprint density at radius 1 is 1.11 bits per heavy atom. The van der Waals surface area contributed by atoms with Crippen LogP contribution in [-0.4, -0.2) is 61.4 Å². The van der Waals surface area contributed by atoms with Crippen LogP contribution in [0.4, 0.5) is 5.69 Å². The number of anilines is 1. The van der Waals surface area contributed by atoms with Crippen LogP contribution < -0.4 is 5.32 Å². The fourth-order valence-electron chi connectivity index (χ4n) is 3.95. The molecule has 1 aromatic rings. The average molecular weight is 408 g/mol. The molecule has 0 saturated carbocycles. The molecule has 0 spiro atoms. The van der Waals surface area contributed by atoms with Crippen molar-refractivity contribution in [2.24, 2.45) is 5.92 Å². The Morgan fingerprint density at radius 2 is 1.75 bits per heavy atom. The smallest absolute Gasteiger partial charge is 0.256 e. The van der Waals surface area contributed by atoms with E-state index in [2.05, 4.69) is 5.32 Å². The number of aryl methyl sites for hydroxylation is 1. The molecule has 1 aromatic carbocycles. The molecular weight excluding hydrogens is 378 g/mol. The van der Waals surface area contributed by atoms with E-state index < -0.39 is 10.0 Å². The standard InChI is InChI=1S/C20H29N3O4S/c1-3-28(26,27)23-13-9-16(10-14-23)19(24)21-17-8-6-7-15(2)18(17)20(25)22-11-4-5-12-22/h6-8,16H,3-5,9-14H2,1-2H3,(H,21,24). The predicted molar refractivity (Wildman–Crippen MR) is 109 cm³/mol. The van der Waals surface area contributed by atoms with Crippen molar-refractivity contribution in [2.45, 2.75) is 39.5 Å². The van der Waals surface area contributed by atoms with E-state index in [0.717, 1.165) is 31.5 Å². The molecule has 8 heteroatoms. The lowest BCUT2D eigenvalue weighted by Gasteiger charge is -2.30. The van der Waals surface area contributed by atoms with Crippen LogP contribution in [0.25, 0.3) is 0 Å². The number of carbonyl (C=O) groups is 2. The van der Waals surface area contributed by atoms with Gasteiger partial charge in [0.1, 0.15) is 0 Å². The van der Waals surface area contributed by atoms with Gasteiger partial charge in [0.25, 0.3) is 5.91 Å². The first-order valence-corrected chi connectivity index (χ1v) is 11.6. The highest BCUT2D eigenvalue weighted by molar-refractivity contribution is 7.89. The van der Waals surface area contributed by atoms with Crippen LogP contribution in [0.2, 0.25) is 0 Å². The van der Waals surface area contributed by atoms with E-state index in [9.17, 15) is 18.0 Å². The summed E-state index contributed by atoms with van der Waals surface area (Å²) in [5, 5.41) is 2.94. The summed E-state index contributed by atoms with van der Waals surface area (Å²) in [5.41, 5.74) is 1.95. The molecule has 2 saturated heterocycles. The fraction of sp³-hybridized carbons (Fsp3) is 0.600. The maximum atomic E-state index is 12.9. The fourth-order valence-corrected chi connectivity index (χ4v) is 5.08. The molecular formula is C20H29N3O4S. The molecule has 7 nitrogen and oxygen atoms in total. The van der Waals surface area contributed by atoms with Crippen molar-refractivity contribution in [3.8, 4) is 0 Å². The maximum Gasteiger partial charge on any atom is 0.256 e. The molecule has 0 unspecified atom stereocenters. The van der Waals surface area contributed by atoms with Crippen molar-refractivity contribution in [2.75, 3.05) is 37.2 Å². The number of amides is 2. The number of nitrogens with one attached hydrogen (secondary N) is 1. The molecule has 28 heavy (non-hydrogen) atoms. The number of carbonyl (C=O) groups excluding carboxylic acids is 2. The Bertz CT molecular complexity index is 839. The zero-order valence-corrected chi connectivity index (χ0v) is 17.4. The summed E-state index contributed by atoms with van der Waals surface area (Å²) >= 11 is 0. The van der Waals surface area contributed by atoms with Gasteiger partial charge in [-0.25, -0.2) is 12.7 Å². The van der Waals surface area contributed by atoms with E-state index in [1.807, 2.05) is 24.0 Å². The van der Waals surface area contributed by atoms with Crippen LogP contribution in [-0.2, 0) is 14.8 Å². The van der Waals surface area contributed by atoms with Crippen LogP contribution in [0, 0.1) is 12.8 Å². The number of sulfonamides is 1. The quantitative estimate of drug-likeness (QED) is 0.811. The summed E-state index contributed by atoms with van der Waals surface area (Å²) in [4.78, 5) is 27.6. The number of piperidine rings is 1. The summed E-state index contributed by atoms with van der Waals surface area (Å²) in [6.07, 6.45) is 3.01. The minimum absolute atomic E-state index is 0.0326. The Balaban J connectivity index is 1.70. The monoisotopic (exact) mass is 407 g/mol. The SMILES string of the molecule is CCS(=O)(=O)N1CCC(C(=O)Nc2cccc(C)c2C(=O)N2CCCC2)CC1. The Labute approximate surface area is 167 Å². The van der Waals surface area contributed by atoms with Gasteiger partial charge in [-0.2, -0.15) is 0 Å². The highest BCUT2D eigenvalue weighted by Crippen LogP contribution is 2.26. The maximum absolute atomic E-state index is 12.9. The van der Waals surface area contributed by atoms with Gasteiger partial charge in [0.05, 0.1) is 17.0 Å². The molecule has 1 N–H and O–H groups in total. The molecule has 0 radical (unpaired) electrons. The van der Waals surface area contributed by atoms with E-state index in [4.69, 9.17) is 0 Å². The largest absolute Gasteiger partial charge is 0.339 e. The van der Waals surface area contributed by atoms with Crippen molar-refractivity contribution in [1.29, 1.82) is 0 Å². The van der Waals surface area contributed by atoms with Gasteiger partial charge >= 0.3 is 0 Å². The molecule has 2 heterocycles. The van der Waals surface area contributed by atoms with Gasteiger partial charge in [-0.1, -0.05) is 12.1 Å². The summed E-state index contributed by atoms with van der Waals surface area (Å²) < 4.78 is 25.4. The summed E-state index contributed by atoms with van der Waals surface area (Å²) in [6.45, 7) is 5.75. The lowest BCUT2D eigenvalue weighted by molar-refractivity contribution is -0.120. The zero-order valence-electron chi connectivity index (χ0n) is 16.6. The van der Waals surface area contributed by atoms with Crippen LogP contribution in [0.15, 0.2) is 18.2 Å². The average Bonchev–Trinajstić information content (AvgIpc) is 3.22. The first-order valence-electron chi connectivity index (χ1n) is 10.0. The van der Waals surface area contributed by atoms with Crippen LogP contribution in [0.1, 0.15) is 48.5 Å². The van der Waals surface area contributed by atoms with Gasteiger partial charge in [-0.3, -0.25) is 9.59 Å². The third kappa shape index (κ3) is 4.38. The predicted octanol–water partition coefficient (Wildman–Crippen LogP) is 2.23. The minimum atomic E-state index is -3.21. The van der Waals surface area contributed by atoms with E-state index in [1.54, 1.807) is 13.0 Å². The third-order valence-electron chi connectivity index (χ3n) is 5.72. The molecule has 0 atom stereocenters. The number of hydrogen-bond donors (Lipinski definition) is 1. The molecule has 2 fully saturated rings. The minimum Gasteiger partial charge on any atom is -0.339 e. The van der Waals surface area contributed by atoms with Crippen LogP contribution >= 0.6 is 0 Å². The van der Waals surface area contributed by atoms with Gasteiger partial charge in [0.2, 0.25) is 15.9 Å². The van der Waals surface area contributed by atoms with Crippen molar-refractivity contribution in [3.63, 3.8) is 0 Å². The third-order valence-corrected chi connectivity index (χ3v) is 7.60. The highest BCUT2D eigenvalue weighted by atomic mass is 32.2. The molecule has 2 aliphatic rings. The second kappa shape index (κ2) is 8.61. The van der Waals surface area contributed by atoms with Crippen LogP contribution in [0.5, 0.6) is 0 Å². The van der Waals surface area contributed by atoms with Gasteiger partial charge in [-0.05, 0) is 51.2 Å². The molecule has 2 aliphatic heterocycles. The Kier molecular flexibility index (Phi) is 6.40. The molecule has 0 bridgehead atoms. The first-order chi connectivity index (χ1) is 13.3. The Hall–Kier alpha value is -1.93. The van der Waals surface area contributed by atoms with Crippen molar-refractivity contribution >= 4 is 27.5 Å². The lowest BCUT2D eigenvalue weighted by atomic mass is 9.96. The summed E-state index contributed by atoms with van der Waals surface area (Å²) in [5.74, 6) is -0.349. The van der Waals surface area contributed by atoms with E-state index in [0.29, 0.717) is 37.2 Å². The Morgan fingerprint density at radius 3 is 2.36 bits per heavy atom. The number of likely N-dealkylation sites (tertiary alicyclic amines) is 1. The summed E-state index contributed by atoms with van der Waals surface area (Å²) in [7, 11) is -3.21. The number of rotatable bonds is 5. The van der Waals surface area contributed by atoms with Crippen LogP contribution in [0.3, 0.4) is 0 Å². The van der Waals surface area contributed by atoms with Gasteiger partial charge < -0.3 is 10.2 Å². The summed E-state index contributed by atoms with van der Waals surface area (Å²) in [6, 6.07) is 5.49. The molecule has 0 aromatic heterocycles. The van der Waals surface area contributed by atoms with Gasteiger partial charge in [0.15, 0.2) is 0 Å². The highest BCUT2D eigenvalue weighted by Gasteiger charge is 2.31. The number of hydrogen-bond acceptors (Lipinski definition) is 4. The van der Waals surface area contributed by atoms with E-state index in [-0.39, 0.29) is 23.5 Å². The second-order valence-corrected chi connectivity index (χ2v) is 9.82. The number of benzene rings is 1. The van der Waals surface area contributed by atoms with Crippen molar-refractivity contribution < 1.29 is 18.0 Å². The van der Waals surface area contributed by atoms with E-state index in [1.165, 1.54) is 4.31 Å². The van der Waals surface area contributed by atoms with Gasteiger partial charge in [-0.15, -0.1) is 0 Å². The van der Waals surface area contributed by atoms with Gasteiger partial charge in [0, 0.05) is 32.1 Å². The first kappa shape index (κ1) is 20.8. The molecule has 154 valence electrons. The lowest BCUT2D eigenvalue weighted by Crippen LogP contribution is -2.42. The van der Waals surface area contributed by atoms with E-state index >= 15 is 0 Å². The molecule has 3 rings (SSSR count). The molecule has 0 aliphatic carbocycles.